The van der Waals surface area contributed by atoms with Crippen LogP contribution in [0.3, 0.4) is 0 Å². The Bertz CT molecular complexity index is 382. The molecule has 2 rings (SSSR count). The number of nitrogens with one attached hydrogen (secondary N) is 1. The zero-order valence-corrected chi connectivity index (χ0v) is 13.9. The molecular weight excluding hydrogens is 264 g/mol. The van der Waals surface area contributed by atoms with Gasteiger partial charge in [-0.25, -0.2) is 0 Å². The molecule has 1 saturated carbocycles. The maximum absolute atomic E-state index is 10.7. The number of aliphatic hydroxyl groups is 1. The van der Waals surface area contributed by atoms with Crippen molar-refractivity contribution in [3.8, 4) is 0 Å². The summed E-state index contributed by atoms with van der Waals surface area (Å²) in [7, 11) is 0. The topological polar surface area (TPSA) is 73.9 Å². The minimum Gasteiger partial charge on any atom is -0.387 e. The van der Waals surface area contributed by atoms with E-state index < -0.39 is 5.60 Å². The molecule has 1 saturated heterocycles. The third kappa shape index (κ3) is 3.69. The van der Waals surface area contributed by atoms with Gasteiger partial charge in [-0.05, 0) is 50.6 Å². The molecule has 0 aromatic heterocycles. The van der Waals surface area contributed by atoms with E-state index >= 15 is 0 Å². The van der Waals surface area contributed by atoms with Gasteiger partial charge in [0, 0.05) is 12.6 Å². The van der Waals surface area contributed by atoms with Crippen LogP contribution in [0.15, 0.2) is 4.99 Å². The Balaban J connectivity index is 1.82. The van der Waals surface area contributed by atoms with Gasteiger partial charge in [0.15, 0.2) is 5.96 Å². The predicted molar refractivity (Wildman–Crippen MR) is 87.3 cm³/mol. The molecule has 0 radical (unpaired) electrons. The zero-order valence-electron chi connectivity index (χ0n) is 13.9. The molecule has 0 amide bonds. The lowest BCUT2D eigenvalue weighted by Crippen LogP contribution is -2.46. The van der Waals surface area contributed by atoms with E-state index in [1.807, 2.05) is 0 Å². The van der Waals surface area contributed by atoms with Crippen molar-refractivity contribution in [2.24, 2.45) is 16.1 Å². The molecule has 1 aliphatic heterocycles. The maximum atomic E-state index is 10.7. The summed E-state index contributed by atoms with van der Waals surface area (Å²) in [5.74, 6) is 0.467. The van der Waals surface area contributed by atoms with Crippen LogP contribution in [0, 0.1) is 5.41 Å². The van der Waals surface area contributed by atoms with E-state index in [0.717, 1.165) is 32.4 Å². The summed E-state index contributed by atoms with van der Waals surface area (Å²) >= 11 is 0. The molecule has 122 valence electrons. The molecule has 2 atom stereocenters. The second-order valence-electron chi connectivity index (χ2n) is 7.28. The third-order valence-corrected chi connectivity index (χ3v) is 5.59. The highest BCUT2D eigenvalue weighted by atomic mass is 16.3. The molecule has 2 aliphatic rings. The lowest BCUT2D eigenvalue weighted by atomic mass is 9.78. The van der Waals surface area contributed by atoms with Crippen LogP contribution >= 0.6 is 0 Å². The van der Waals surface area contributed by atoms with Crippen LogP contribution in [-0.4, -0.2) is 53.8 Å². The number of rotatable bonds is 5. The first-order valence-corrected chi connectivity index (χ1v) is 8.38. The smallest absolute Gasteiger partial charge is 0.188 e. The Morgan fingerprint density at radius 2 is 2.14 bits per heavy atom. The van der Waals surface area contributed by atoms with Crippen LogP contribution < -0.4 is 11.1 Å². The highest BCUT2D eigenvalue weighted by Crippen LogP contribution is 2.45. The van der Waals surface area contributed by atoms with Crippen molar-refractivity contribution in [2.45, 2.75) is 64.5 Å². The molecule has 2 fully saturated rings. The van der Waals surface area contributed by atoms with E-state index in [9.17, 15) is 5.11 Å². The quantitative estimate of drug-likeness (QED) is 0.528. The van der Waals surface area contributed by atoms with Gasteiger partial charge in [0.25, 0.3) is 0 Å². The van der Waals surface area contributed by atoms with Crippen molar-refractivity contribution < 1.29 is 5.11 Å². The Morgan fingerprint density at radius 3 is 2.76 bits per heavy atom. The van der Waals surface area contributed by atoms with Crippen molar-refractivity contribution in [1.82, 2.24) is 10.2 Å². The molecule has 21 heavy (non-hydrogen) atoms. The number of hydrogen-bond donors (Lipinski definition) is 3. The molecule has 0 bridgehead atoms. The fraction of sp³-hybridized carbons (Fsp3) is 0.938. The fourth-order valence-corrected chi connectivity index (χ4v) is 3.72. The van der Waals surface area contributed by atoms with Crippen LogP contribution in [0.2, 0.25) is 0 Å². The largest absolute Gasteiger partial charge is 0.387 e. The van der Waals surface area contributed by atoms with Gasteiger partial charge >= 0.3 is 0 Å². The molecule has 0 aromatic carbocycles. The Kier molecular flexibility index (Phi) is 5.15. The van der Waals surface area contributed by atoms with E-state index in [-0.39, 0.29) is 5.41 Å². The van der Waals surface area contributed by atoms with Crippen LogP contribution in [-0.2, 0) is 0 Å². The second kappa shape index (κ2) is 6.53. The first-order valence-electron chi connectivity index (χ1n) is 8.38. The van der Waals surface area contributed by atoms with E-state index in [1.165, 1.54) is 19.4 Å². The molecular formula is C16H32N4O. The van der Waals surface area contributed by atoms with Crippen molar-refractivity contribution >= 4 is 5.96 Å². The monoisotopic (exact) mass is 296 g/mol. The first kappa shape index (κ1) is 16.6. The van der Waals surface area contributed by atoms with E-state index in [0.29, 0.717) is 18.5 Å². The van der Waals surface area contributed by atoms with Gasteiger partial charge in [-0.1, -0.05) is 20.8 Å². The normalized spacial score (nSPS) is 33.5. The summed E-state index contributed by atoms with van der Waals surface area (Å²) < 4.78 is 0. The van der Waals surface area contributed by atoms with Gasteiger partial charge in [-0.15, -0.1) is 0 Å². The summed E-state index contributed by atoms with van der Waals surface area (Å²) in [6.07, 6.45) is 5.44. The Labute approximate surface area is 129 Å². The minimum absolute atomic E-state index is 0.0682. The molecule has 5 nitrogen and oxygen atoms in total. The summed E-state index contributed by atoms with van der Waals surface area (Å²) in [4.78, 5) is 6.88. The van der Waals surface area contributed by atoms with Gasteiger partial charge in [0.2, 0.25) is 0 Å². The Morgan fingerprint density at radius 1 is 1.38 bits per heavy atom. The van der Waals surface area contributed by atoms with Crippen LogP contribution in [0.4, 0.5) is 0 Å². The van der Waals surface area contributed by atoms with Gasteiger partial charge < -0.3 is 16.2 Å². The SMILES string of the molecule is CCN1CCCC1CNC(N)=NCC1(O)CCCC1(C)C. The van der Waals surface area contributed by atoms with Gasteiger partial charge in [-0.3, -0.25) is 9.89 Å². The van der Waals surface area contributed by atoms with E-state index in [2.05, 4.69) is 36.0 Å². The van der Waals surface area contributed by atoms with Gasteiger partial charge in [-0.2, -0.15) is 0 Å². The predicted octanol–water partition coefficient (Wildman–Crippen LogP) is 1.32. The highest BCUT2D eigenvalue weighted by Gasteiger charge is 2.47. The molecule has 2 unspecified atom stereocenters. The minimum atomic E-state index is -0.706. The number of nitrogens with zero attached hydrogens (tertiary/aromatic N) is 2. The second-order valence-corrected chi connectivity index (χ2v) is 7.28. The number of likely N-dealkylation sites (N-methyl/N-ethyl adjacent to an activating group) is 1. The number of aliphatic imine (C=N–C) groups is 1. The van der Waals surface area contributed by atoms with Crippen LogP contribution in [0.1, 0.15) is 52.9 Å². The van der Waals surface area contributed by atoms with Crippen molar-refractivity contribution in [3.63, 3.8) is 0 Å². The van der Waals surface area contributed by atoms with Crippen LogP contribution in [0.25, 0.3) is 0 Å². The number of nitrogens with two attached hydrogens (primary N) is 1. The van der Waals surface area contributed by atoms with Crippen molar-refractivity contribution in [2.75, 3.05) is 26.2 Å². The van der Waals surface area contributed by atoms with Gasteiger partial charge in [0.1, 0.15) is 0 Å². The summed E-state index contributed by atoms with van der Waals surface area (Å²) in [6, 6.07) is 0.565. The number of hydrogen-bond acceptors (Lipinski definition) is 3. The maximum Gasteiger partial charge on any atom is 0.188 e. The standard InChI is InChI=1S/C16H32N4O/c1-4-20-10-5-7-13(20)11-18-14(17)19-12-16(21)9-6-8-15(16,2)3/h13,21H,4-12H2,1-3H3,(H3,17,18,19). The fourth-order valence-electron chi connectivity index (χ4n) is 3.72. The molecule has 0 aromatic rings. The molecule has 0 spiro atoms. The number of likely N-dealkylation sites (tertiary alicyclic amines) is 1. The van der Waals surface area contributed by atoms with Crippen molar-refractivity contribution in [3.05, 3.63) is 0 Å². The summed E-state index contributed by atoms with van der Waals surface area (Å²) in [5, 5.41) is 14.0. The van der Waals surface area contributed by atoms with E-state index in [1.54, 1.807) is 0 Å². The van der Waals surface area contributed by atoms with E-state index in [4.69, 9.17) is 5.73 Å². The average Bonchev–Trinajstić information content (AvgIpc) is 2.99. The molecule has 5 heteroatoms. The van der Waals surface area contributed by atoms with Crippen molar-refractivity contribution in [1.29, 1.82) is 0 Å². The highest BCUT2D eigenvalue weighted by molar-refractivity contribution is 5.77. The number of guanidine groups is 1. The average molecular weight is 296 g/mol. The zero-order chi connectivity index (χ0) is 15.5. The molecule has 1 heterocycles. The lowest BCUT2D eigenvalue weighted by Gasteiger charge is -2.35. The Hall–Kier alpha value is -0.810. The summed E-state index contributed by atoms with van der Waals surface area (Å²) in [6.45, 7) is 9.98. The first-order chi connectivity index (χ1) is 9.88. The molecule has 1 aliphatic carbocycles. The third-order valence-electron chi connectivity index (χ3n) is 5.59. The van der Waals surface area contributed by atoms with Gasteiger partial charge in [0.05, 0.1) is 12.1 Å². The summed E-state index contributed by atoms with van der Waals surface area (Å²) in [5.41, 5.74) is 5.20. The van der Waals surface area contributed by atoms with Crippen LogP contribution in [0.5, 0.6) is 0 Å². The molecule has 4 N–H and O–H groups in total. The lowest BCUT2D eigenvalue weighted by molar-refractivity contribution is -0.0335.